The first-order chi connectivity index (χ1) is 18.3. The number of halogens is 2. The van der Waals surface area contributed by atoms with E-state index in [-0.39, 0.29) is 12.5 Å². The third-order valence-corrected chi connectivity index (χ3v) is 6.56. The van der Waals surface area contributed by atoms with E-state index in [9.17, 15) is 9.59 Å². The molecular weight excluding hydrogens is 521 g/mol. The highest BCUT2D eigenvalue weighted by atomic mass is 35.5. The van der Waals surface area contributed by atoms with E-state index in [1.54, 1.807) is 22.9 Å². The molecule has 3 amide bonds. The maximum Gasteiger partial charge on any atom is 0.322 e. The predicted octanol–water partition coefficient (Wildman–Crippen LogP) is 7.35. The minimum atomic E-state index is -0.432. The monoisotopic (exact) mass is 549 g/mol. The van der Waals surface area contributed by atoms with Gasteiger partial charge in [0.05, 0.1) is 22.1 Å². The van der Waals surface area contributed by atoms with E-state index in [4.69, 9.17) is 28.3 Å². The molecule has 7 nitrogen and oxygen atoms in total. The van der Waals surface area contributed by atoms with Gasteiger partial charge in [0.2, 0.25) is 5.91 Å². The Morgan fingerprint density at radius 2 is 1.66 bits per heavy atom. The SMILES string of the molecule is CCCN(CC(=O)Nc1c(-c2ccccc2)c(C)nn1-c1ccccc1C)C(=O)Nc1ccc(Cl)cc1Cl. The predicted molar refractivity (Wildman–Crippen MR) is 154 cm³/mol. The van der Waals surface area contributed by atoms with Crippen LogP contribution in [0.5, 0.6) is 0 Å². The van der Waals surface area contributed by atoms with Gasteiger partial charge in [0.25, 0.3) is 0 Å². The molecule has 0 spiro atoms. The van der Waals surface area contributed by atoms with Gasteiger partial charge in [-0.05, 0) is 55.7 Å². The van der Waals surface area contributed by atoms with Gasteiger partial charge in [-0.3, -0.25) is 4.79 Å². The summed E-state index contributed by atoms with van der Waals surface area (Å²) in [5, 5.41) is 11.4. The summed E-state index contributed by atoms with van der Waals surface area (Å²) in [7, 11) is 0. The lowest BCUT2D eigenvalue weighted by Gasteiger charge is -2.23. The fourth-order valence-electron chi connectivity index (χ4n) is 4.22. The second-order valence-corrected chi connectivity index (χ2v) is 9.74. The van der Waals surface area contributed by atoms with Crippen molar-refractivity contribution in [3.8, 4) is 16.8 Å². The van der Waals surface area contributed by atoms with Crippen LogP contribution in [0.2, 0.25) is 10.0 Å². The summed E-state index contributed by atoms with van der Waals surface area (Å²) in [5.74, 6) is 0.202. The van der Waals surface area contributed by atoms with Gasteiger partial charge in [0, 0.05) is 17.1 Å². The number of rotatable bonds is 8. The smallest absolute Gasteiger partial charge is 0.315 e. The summed E-state index contributed by atoms with van der Waals surface area (Å²) in [5.41, 5.74) is 4.81. The van der Waals surface area contributed by atoms with Crippen molar-refractivity contribution in [2.24, 2.45) is 0 Å². The first kappa shape index (κ1) is 27.2. The largest absolute Gasteiger partial charge is 0.322 e. The number of hydrogen-bond donors (Lipinski definition) is 2. The number of nitrogens with zero attached hydrogens (tertiary/aromatic N) is 3. The Morgan fingerprint density at radius 1 is 0.947 bits per heavy atom. The number of nitrogens with one attached hydrogen (secondary N) is 2. The zero-order valence-corrected chi connectivity index (χ0v) is 23.0. The first-order valence-electron chi connectivity index (χ1n) is 12.3. The fourth-order valence-corrected chi connectivity index (χ4v) is 4.68. The van der Waals surface area contributed by atoms with Crippen molar-refractivity contribution in [1.29, 1.82) is 0 Å². The zero-order valence-electron chi connectivity index (χ0n) is 21.5. The zero-order chi connectivity index (χ0) is 27.2. The molecule has 0 aliphatic heterocycles. The van der Waals surface area contributed by atoms with Gasteiger partial charge >= 0.3 is 6.03 Å². The molecule has 0 aliphatic rings. The lowest BCUT2D eigenvalue weighted by molar-refractivity contribution is -0.116. The van der Waals surface area contributed by atoms with Gasteiger partial charge in [-0.1, -0.05) is 78.7 Å². The Kier molecular flexibility index (Phi) is 8.71. The summed E-state index contributed by atoms with van der Waals surface area (Å²) >= 11 is 12.2. The molecule has 38 heavy (non-hydrogen) atoms. The average Bonchev–Trinajstić information content (AvgIpc) is 3.21. The number of benzene rings is 3. The quantitative estimate of drug-likeness (QED) is 0.241. The highest BCUT2D eigenvalue weighted by Gasteiger charge is 2.23. The number of aromatic nitrogens is 2. The molecule has 0 aliphatic carbocycles. The fraction of sp³-hybridized carbons (Fsp3) is 0.207. The van der Waals surface area contributed by atoms with E-state index >= 15 is 0 Å². The number of carbonyl (C=O) groups is 2. The van der Waals surface area contributed by atoms with Gasteiger partial charge in [0.1, 0.15) is 12.4 Å². The number of hydrogen-bond acceptors (Lipinski definition) is 3. The van der Waals surface area contributed by atoms with Gasteiger partial charge in [0.15, 0.2) is 0 Å². The van der Waals surface area contributed by atoms with Crippen LogP contribution in [0.4, 0.5) is 16.3 Å². The van der Waals surface area contributed by atoms with Crippen LogP contribution in [0.1, 0.15) is 24.6 Å². The van der Waals surface area contributed by atoms with Crippen LogP contribution in [0.25, 0.3) is 16.8 Å². The molecule has 4 rings (SSSR count). The topological polar surface area (TPSA) is 79.3 Å². The summed E-state index contributed by atoms with van der Waals surface area (Å²) in [4.78, 5) is 27.9. The van der Waals surface area contributed by atoms with Crippen LogP contribution in [-0.4, -0.2) is 39.7 Å². The van der Waals surface area contributed by atoms with Crippen LogP contribution in [0.15, 0.2) is 72.8 Å². The van der Waals surface area contributed by atoms with Gasteiger partial charge < -0.3 is 15.5 Å². The van der Waals surface area contributed by atoms with E-state index in [1.807, 2.05) is 75.4 Å². The molecule has 9 heteroatoms. The number of amides is 3. The standard InChI is InChI=1S/C29H29Cl2N5O2/c1-4-16-35(29(38)32-24-15-14-22(30)17-23(24)31)18-26(37)33-28-27(21-11-6-5-7-12-21)20(3)34-36(28)25-13-9-8-10-19(25)2/h5-15,17H,4,16,18H2,1-3H3,(H,32,38)(H,33,37). The highest BCUT2D eigenvalue weighted by molar-refractivity contribution is 6.36. The van der Waals surface area contributed by atoms with Crippen molar-refractivity contribution >= 4 is 46.6 Å². The van der Waals surface area contributed by atoms with E-state index in [2.05, 4.69) is 10.6 Å². The van der Waals surface area contributed by atoms with Crippen LogP contribution in [0, 0.1) is 13.8 Å². The second kappa shape index (κ2) is 12.2. The minimum Gasteiger partial charge on any atom is -0.315 e. The van der Waals surface area contributed by atoms with Crippen molar-refractivity contribution < 1.29 is 9.59 Å². The Balaban J connectivity index is 1.63. The van der Waals surface area contributed by atoms with Crippen LogP contribution < -0.4 is 10.6 Å². The molecule has 2 N–H and O–H groups in total. The summed E-state index contributed by atoms with van der Waals surface area (Å²) in [6.45, 7) is 6.08. The van der Waals surface area contributed by atoms with E-state index in [0.29, 0.717) is 34.5 Å². The first-order valence-corrected chi connectivity index (χ1v) is 13.1. The summed E-state index contributed by atoms with van der Waals surface area (Å²) < 4.78 is 1.75. The number of urea groups is 1. The summed E-state index contributed by atoms with van der Waals surface area (Å²) in [6.07, 6.45) is 0.671. The number of carbonyl (C=O) groups excluding carboxylic acids is 2. The molecule has 0 fully saturated rings. The van der Waals surface area contributed by atoms with Gasteiger partial charge in [-0.2, -0.15) is 5.10 Å². The molecule has 0 atom stereocenters. The van der Waals surface area contributed by atoms with Gasteiger partial charge in [-0.15, -0.1) is 0 Å². The van der Waals surface area contributed by atoms with Crippen molar-refractivity contribution in [3.05, 3.63) is 94.1 Å². The summed E-state index contributed by atoms with van der Waals surface area (Å²) in [6, 6.07) is 22.0. The molecule has 196 valence electrons. The highest BCUT2D eigenvalue weighted by Crippen LogP contribution is 2.34. The molecule has 0 saturated carbocycles. The van der Waals surface area contributed by atoms with Gasteiger partial charge in [-0.25, -0.2) is 9.48 Å². The van der Waals surface area contributed by atoms with Crippen LogP contribution in [0.3, 0.4) is 0 Å². The van der Waals surface area contributed by atoms with Crippen molar-refractivity contribution in [1.82, 2.24) is 14.7 Å². The third kappa shape index (κ3) is 6.18. The number of anilines is 2. The molecule has 3 aromatic carbocycles. The van der Waals surface area contributed by atoms with Crippen molar-refractivity contribution in [2.45, 2.75) is 27.2 Å². The molecule has 0 bridgehead atoms. The molecular formula is C29H29Cl2N5O2. The molecule has 4 aromatic rings. The van der Waals surface area contributed by atoms with Crippen molar-refractivity contribution in [3.63, 3.8) is 0 Å². The van der Waals surface area contributed by atoms with E-state index < -0.39 is 6.03 Å². The Hall–Kier alpha value is -3.81. The van der Waals surface area contributed by atoms with E-state index in [1.165, 1.54) is 4.90 Å². The molecule has 0 radical (unpaired) electrons. The Bertz CT molecular complexity index is 1450. The lowest BCUT2D eigenvalue weighted by atomic mass is 10.1. The Morgan fingerprint density at radius 3 is 2.34 bits per heavy atom. The molecule has 0 saturated heterocycles. The van der Waals surface area contributed by atoms with Crippen molar-refractivity contribution in [2.75, 3.05) is 23.7 Å². The maximum absolute atomic E-state index is 13.4. The third-order valence-electron chi connectivity index (χ3n) is 6.01. The van der Waals surface area contributed by atoms with Crippen LogP contribution >= 0.6 is 23.2 Å². The van der Waals surface area contributed by atoms with Crippen LogP contribution in [-0.2, 0) is 4.79 Å². The minimum absolute atomic E-state index is 0.156. The number of para-hydroxylation sites is 1. The maximum atomic E-state index is 13.4. The molecule has 0 unspecified atom stereocenters. The Labute approximate surface area is 232 Å². The molecule has 1 heterocycles. The van der Waals surface area contributed by atoms with E-state index in [0.717, 1.165) is 28.1 Å². The normalized spacial score (nSPS) is 10.8. The molecule has 1 aromatic heterocycles. The number of aryl methyl sites for hydroxylation is 2. The average molecular weight is 550 g/mol. The second-order valence-electron chi connectivity index (χ2n) is 8.90. The lowest BCUT2D eigenvalue weighted by Crippen LogP contribution is -2.41.